The number of ether oxygens (including phenoxy) is 1. The molecule has 2 amide bonds. The number of rotatable bonds is 5. The maximum absolute atomic E-state index is 12.9. The Morgan fingerprint density at radius 2 is 1.87 bits per heavy atom. The molecule has 1 aromatic carbocycles. The number of pyridine rings is 1. The number of aromatic nitrogens is 1. The molecule has 8 heteroatoms. The van der Waals surface area contributed by atoms with Gasteiger partial charge in [-0.25, -0.2) is 9.59 Å². The molecule has 3 rings (SSSR count). The quantitative estimate of drug-likeness (QED) is 0.468. The average molecular weight is 425 g/mol. The van der Waals surface area contributed by atoms with Gasteiger partial charge in [0.05, 0.1) is 5.39 Å². The fourth-order valence-electron chi connectivity index (χ4n) is 3.24. The van der Waals surface area contributed by atoms with E-state index in [0.29, 0.717) is 23.1 Å². The van der Waals surface area contributed by atoms with E-state index < -0.39 is 23.4 Å². The van der Waals surface area contributed by atoms with Gasteiger partial charge in [0.15, 0.2) is 0 Å². The Labute approximate surface area is 180 Å². The van der Waals surface area contributed by atoms with E-state index in [2.05, 4.69) is 15.6 Å². The van der Waals surface area contributed by atoms with Gasteiger partial charge in [-0.2, -0.15) is 0 Å². The van der Waals surface area contributed by atoms with Gasteiger partial charge in [0.1, 0.15) is 17.2 Å². The van der Waals surface area contributed by atoms with Crippen molar-refractivity contribution in [2.24, 2.45) is 5.92 Å². The van der Waals surface area contributed by atoms with Crippen molar-refractivity contribution >= 4 is 39.4 Å². The minimum atomic E-state index is -0.778. The molecule has 2 N–H and O–H groups in total. The van der Waals surface area contributed by atoms with Crippen LogP contribution in [0.1, 0.15) is 41.0 Å². The van der Waals surface area contributed by atoms with E-state index >= 15 is 0 Å². The Hall–Kier alpha value is -3.42. The zero-order valence-electron chi connectivity index (χ0n) is 18.3. The van der Waals surface area contributed by atoms with Gasteiger partial charge in [-0.3, -0.25) is 9.78 Å². The van der Waals surface area contributed by atoms with Gasteiger partial charge in [-0.05, 0) is 51.3 Å². The number of amides is 2. The summed E-state index contributed by atoms with van der Waals surface area (Å²) in [5.41, 5.74) is -0.365. The van der Waals surface area contributed by atoms with Crippen molar-refractivity contribution in [3.63, 3.8) is 0 Å². The number of fused-ring (bicyclic) bond motifs is 3. The first kappa shape index (κ1) is 22.3. The van der Waals surface area contributed by atoms with Crippen molar-refractivity contribution in [3.05, 3.63) is 47.1 Å². The molecule has 0 saturated heterocycles. The molecule has 31 heavy (non-hydrogen) atoms. The SMILES string of the molecule is CC(C)C[C@H](NC(=O)OC(C)(C)C)C(=O)Nc1ccc2c(c1)oc(=O)c1cnccc12. The van der Waals surface area contributed by atoms with Crippen LogP contribution in [0.5, 0.6) is 0 Å². The van der Waals surface area contributed by atoms with Crippen LogP contribution in [0, 0.1) is 5.92 Å². The molecule has 0 unspecified atom stereocenters. The van der Waals surface area contributed by atoms with Crippen molar-refractivity contribution in [3.8, 4) is 0 Å². The Balaban J connectivity index is 1.84. The average Bonchev–Trinajstić information content (AvgIpc) is 2.65. The molecular formula is C23H27N3O5. The molecule has 1 atom stereocenters. The number of anilines is 1. The van der Waals surface area contributed by atoms with Gasteiger partial charge in [0, 0.05) is 34.9 Å². The Bertz CT molecular complexity index is 1180. The van der Waals surface area contributed by atoms with E-state index in [-0.39, 0.29) is 11.8 Å². The van der Waals surface area contributed by atoms with Crippen LogP contribution in [0.2, 0.25) is 0 Å². The van der Waals surface area contributed by atoms with Gasteiger partial charge in [0.25, 0.3) is 0 Å². The minimum Gasteiger partial charge on any atom is -0.444 e. The molecule has 0 fully saturated rings. The van der Waals surface area contributed by atoms with Crippen LogP contribution < -0.4 is 16.3 Å². The topological polar surface area (TPSA) is 111 Å². The van der Waals surface area contributed by atoms with Gasteiger partial charge in [-0.1, -0.05) is 13.8 Å². The van der Waals surface area contributed by atoms with E-state index in [4.69, 9.17) is 9.15 Å². The lowest BCUT2D eigenvalue weighted by Gasteiger charge is -2.24. The van der Waals surface area contributed by atoms with Gasteiger partial charge in [0.2, 0.25) is 5.91 Å². The summed E-state index contributed by atoms with van der Waals surface area (Å²) in [5.74, 6) is -0.216. The lowest BCUT2D eigenvalue weighted by atomic mass is 10.0. The van der Waals surface area contributed by atoms with Crippen LogP contribution in [0.25, 0.3) is 21.7 Å². The van der Waals surface area contributed by atoms with E-state index in [1.165, 1.54) is 6.20 Å². The summed E-state index contributed by atoms with van der Waals surface area (Å²) in [6.07, 6.45) is 2.86. The zero-order valence-corrected chi connectivity index (χ0v) is 18.3. The molecule has 0 aliphatic heterocycles. The molecule has 0 aliphatic rings. The number of benzene rings is 1. The largest absolute Gasteiger partial charge is 0.444 e. The van der Waals surface area contributed by atoms with Crippen LogP contribution in [-0.4, -0.2) is 28.6 Å². The van der Waals surface area contributed by atoms with E-state index in [9.17, 15) is 14.4 Å². The summed E-state index contributed by atoms with van der Waals surface area (Å²) in [7, 11) is 0. The second-order valence-corrected chi connectivity index (χ2v) is 8.84. The van der Waals surface area contributed by atoms with Gasteiger partial charge < -0.3 is 19.8 Å². The predicted octanol–water partition coefficient (Wildman–Crippen LogP) is 4.22. The monoisotopic (exact) mass is 425 g/mol. The zero-order chi connectivity index (χ0) is 22.8. The Morgan fingerprint density at radius 3 is 2.55 bits per heavy atom. The predicted molar refractivity (Wildman–Crippen MR) is 119 cm³/mol. The second-order valence-electron chi connectivity index (χ2n) is 8.84. The van der Waals surface area contributed by atoms with E-state index in [0.717, 1.165) is 10.8 Å². The standard InChI is InChI=1S/C23H27N3O5/c1-13(2)10-18(26-22(29)31-23(3,4)5)20(27)25-14-6-7-16-15-8-9-24-12-17(15)21(28)30-19(16)11-14/h6-9,11-13,18H,10H2,1-5H3,(H,25,27)(H,26,29)/t18-/m0/s1. The highest BCUT2D eigenvalue weighted by atomic mass is 16.6. The van der Waals surface area contributed by atoms with Crippen molar-refractivity contribution < 1.29 is 18.7 Å². The number of hydrogen-bond acceptors (Lipinski definition) is 6. The van der Waals surface area contributed by atoms with Crippen LogP contribution in [0.4, 0.5) is 10.5 Å². The maximum atomic E-state index is 12.9. The summed E-state index contributed by atoms with van der Waals surface area (Å²) in [4.78, 5) is 41.3. The molecule has 2 aromatic heterocycles. The summed E-state index contributed by atoms with van der Waals surface area (Å²) in [6.45, 7) is 9.19. The normalized spacial score (nSPS) is 12.7. The lowest BCUT2D eigenvalue weighted by molar-refractivity contribution is -0.118. The third-order valence-electron chi connectivity index (χ3n) is 4.50. The van der Waals surface area contributed by atoms with Gasteiger partial charge >= 0.3 is 11.7 Å². The molecular weight excluding hydrogens is 398 g/mol. The third kappa shape index (κ3) is 5.59. The molecule has 0 bridgehead atoms. The highest BCUT2D eigenvalue weighted by Crippen LogP contribution is 2.25. The van der Waals surface area contributed by atoms with Crippen molar-refractivity contribution in [2.75, 3.05) is 5.32 Å². The van der Waals surface area contributed by atoms with Crippen LogP contribution in [0.15, 0.2) is 45.9 Å². The minimum absolute atomic E-state index is 0.167. The molecule has 2 heterocycles. The van der Waals surface area contributed by atoms with Crippen molar-refractivity contribution in [1.29, 1.82) is 0 Å². The third-order valence-corrected chi connectivity index (χ3v) is 4.50. The summed E-state index contributed by atoms with van der Waals surface area (Å²) in [5, 5.41) is 7.29. The van der Waals surface area contributed by atoms with Crippen LogP contribution >= 0.6 is 0 Å². The molecule has 0 radical (unpaired) electrons. The smallest absolute Gasteiger partial charge is 0.408 e. The molecule has 0 spiro atoms. The first-order valence-corrected chi connectivity index (χ1v) is 10.1. The van der Waals surface area contributed by atoms with Crippen LogP contribution in [0.3, 0.4) is 0 Å². The maximum Gasteiger partial charge on any atom is 0.408 e. The summed E-state index contributed by atoms with van der Waals surface area (Å²) >= 11 is 0. The summed E-state index contributed by atoms with van der Waals surface area (Å²) in [6, 6.07) is 6.06. The summed E-state index contributed by atoms with van der Waals surface area (Å²) < 4.78 is 10.7. The molecule has 0 aliphatic carbocycles. The van der Waals surface area contributed by atoms with E-state index in [1.54, 1.807) is 51.2 Å². The first-order chi connectivity index (χ1) is 14.5. The van der Waals surface area contributed by atoms with Crippen molar-refractivity contribution in [1.82, 2.24) is 10.3 Å². The first-order valence-electron chi connectivity index (χ1n) is 10.1. The van der Waals surface area contributed by atoms with Crippen LogP contribution in [-0.2, 0) is 9.53 Å². The fraction of sp³-hybridized carbons (Fsp3) is 0.391. The van der Waals surface area contributed by atoms with Gasteiger partial charge in [-0.15, -0.1) is 0 Å². The number of nitrogens with one attached hydrogen (secondary N) is 2. The highest BCUT2D eigenvalue weighted by Gasteiger charge is 2.25. The fourth-order valence-corrected chi connectivity index (χ4v) is 3.24. The molecule has 164 valence electrons. The molecule has 3 aromatic rings. The molecule has 0 saturated carbocycles. The highest BCUT2D eigenvalue weighted by molar-refractivity contribution is 6.05. The van der Waals surface area contributed by atoms with E-state index in [1.807, 2.05) is 13.8 Å². The van der Waals surface area contributed by atoms with Crippen molar-refractivity contribution in [2.45, 2.75) is 52.7 Å². The number of carbonyl (C=O) groups excluding carboxylic acids is 2. The molecule has 8 nitrogen and oxygen atoms in total. The Morgan fingerprint density at radius 1 is 1.13 bits per heavy atom. The Kier molecular flexibility index (Phi) is 6.29. The number of alkyl carbamates (subject to hydrolysis) is 1. The number of hydrogen-bond donors (Lipinski definition) is 2. The second kappa shape index (κ2) is 8.75. The number of carbonyl (C=O) groups is 2. The number of nitrogens with zero attached hydrogens (tertiary/aromatic N) is 1. The lowest BCUT2D eigenvalue weighted by Crippen LogP contribution is -2.46.